The Labute approximate surface area is 209 Å². The summed E-state index contributed by atoms with van der Waals surface area (Å²) in [5.41, 5.74) is 3.87. The lowest BCUT2D eigenvalue weighted by Crippen LogP contribution is -2.33. The molecule has 35 heavy (non-hydrogen) atoms. The molecule has 8 heteroatoms. The van der Waals surface area contributed by atoms with Gasteiger partial charge in [-0.2, -0.15) is 0 Å². The Morgan fingerprint density at radius 3 is 2.83 bits per heavy atom. The summed E-state index contributed by atoms with van der Waals surface area (Å²) in [6.07, 6.45) is 5.81. The molecule has 1 aliphatic rings. The lowest BCUT2D eigenvalue weighted by atomic mass is 10.0. The van der Waals surface area contributed by atoms with Gasteiger partial charge in [0.2, 0.25) is 5.91 Å². The number of carbonyl (C=O) groups is 1. The van der Waals surface area contributed by atoms with Gasteiger partial charge in [0, 0.05) is 36.7 Å². The first kappa shape index (κ1) is 22.9. The second kappa shape index (κ2) is 10.1. The van der Waals surface area contributed by atoms with Crippen LogP contribution in [-0.4, -0.2) is 32.0 Å². The van der Waals surface area contributed by atoms with Crippen LogP contribution >= 0.6 is 12.2 Å². The minimum absolute atomic E-state index is 0.0515. The number of hydrogen-bond donors (Lipinski definition) is 2. The third kappa shape index (κ3) is 5.12. The molecule has 2 N–H and O–H groups in total. The van der Waals surface area contributed by atoms with Crippen LogP contribution in [0.1, 0.15) is 41.2 Å². The standard InChI is InChI=1S/C27H27N5O2S/c1-19-7-4-8-20(17-19)29-24(33)12-15-32-26(25(30-27(32)35)22-10-2-3-13-28-22)23-11-5-14-31(23)18-21-9-6-16-34-21/h2-11,13-14,16-17,25-26H,12,15,18H2,1H3,(H,29,33)(H,30,35)/t25-,26+/m1/s1. The van der Waals surface area contributed by atoms with E-state index in [4.69, 9.17) is 16.6 Å². The molecule has 4 heterocycles. The van der Waals surface area contributed by atoms with E-state index in [0.717, 1.165) is 28.4 Å². The number of aromatic nitrogens is 2. The fourth-order valence-corrected chi connectivity index (χ4v) is 4.88. The number of anilines is 1. The topological polar surface area (TPSA) is 75.3 Å². The van der Waals surface area contributed by atoms with Gasteiger partial charge < -0.3 is 24.5 Å². The van der Waals surface area contributed by atoms with Gasteiger partial charge in [-0.1, -0.05) is 18.2 Å². The highest BCUT2D eigenvalue weighted by Crippen LogP contribution is 2.39. The minimum Gasteiger partial charge on any atom is -0.467 e. The van der Waals surface area contributed by atoms with Gasteiger partial charge in [-0.25, -0.2) is 0 Å². The van der Waals surface area contributed by atoms with Crippen LogP contribution in [-0.2, 0) is 11.3 Å². The Hall–Kier alpha value is -3.91. The number of rotatable bonds is 8. The number of amides is 1. The van der Waals surface area contributed by atoms with Crippen LogP contribution in [0.15, 0.2) is 89.8 Å². The maximum Gasteiger partial charge on any atom is 0.226 e. The molecule has 0 unspecified atom stereocenters. The van der Waals surface area contributed by atoms with Gasteiger partial charge in [0.05, 0.1) is 30.6 Å². The van der Waals surface area contributed by atoms with Crippen molar-refractivity contribution < 1.29 is 9.21 Å². The van der Waals surface area contributed by atoms with Crippen molar-refractivity contribution >= 4 is 28.9 Å². The zero-order valence-electron chi connectivity index (χ0n) is 19.4. The van der Waals surface area contributed by atoms with Crippen molar-refractivity contribution in [2.45, 2.75) is 32.0 Å². The Morgan fingerprint density at radius 1 is 1.14 bits per heavy atom. The summed E-state index contributed by atoms with van der Waals surface area (Å²) in [5.74, 6) is 0.818. The quantitative estimate of drug-likeness (QED) is 0.348. The fourth-order valence-electron chi connectivity index (χ4n) is 4.55. The van der Waals surface area contributed by atoms with Crippen LogP contribution in [0.4, 0.5) is 5.69 Å². The Kier molecular flexibility index (Phi) is 6.63. The van der Waals surface area contributed by atoms with E-state index in [1.165, 1.54) is 0 Å². The summed E-state index contributed by atoms with van der Waals surface area (Å²) >= 11 is 5.75. The van der Waals surface area contributed by atoms with E-state index < -0.39 is 0 Å². The number of furan rings is 1. The second-order valence-corrected chi connectivity index (χ2v) is 9.01. The fraction of sp³-hybridized carbons (Fsp3) is 0.222. The normalized spacial score (nSPS) is 17.4. The zero-order valence-corrected chi connectivity index (χ0v) is 20.2. The maximum absolute atomic E-state index is 12.8. The van der Waals surface area contributed by atoms with Crippen LogP contribution in [0.25, 0.3) is 0 Å². The number of thiocarbonyl (C=S) groups is 1. The molecule has 1 aliphatic heterocycles. The molecule has 178 valence electrons. The number of nitrogens with zero attached hydrogens (tertiary/aromatic N) is 3. The molecule has 2 atom stereocenters. The van der Waals surface area contributed by atoms with Crippen molar-refractivity contribution in [3.05, 3.63) is 108 Å². The average molecular weight is 486 g/mol. The van der Waals surface area contributed by atoms with Crippen molar-refractivity contribution in [1.82, 2.24) is 19.8 Å². The number of nitrogens with one attached hydrogen (secondary N) is 2. The molecule has 1 saturated heterocycles. The molecule has 5 rings (SSSR count). The monoisotopic (exact) mass is 485 g/mol. The highest BCUT2D eigenvalue weighted by atomic mass is 32.1. The first-order valence-corrected chi connectivity index (χ1v) is 12.0. The molecule has 0 radical (unpaired) electrons. The first-order chi connectivity index (χ1) is 17.1. The van der Waals surface area contributed by atoms with E-state index in [1.807, 2.05) is 73.8 Å². The summed E-state index contributed by atoms with van der Waals surface area (Å²) in [6.45, 7) is 3.09. The Morgan fingerprint density at radius 2 is 2.06 bits per heavy atom. The second-order valence-electron chi connectivity index (χ2n) is 8.63. The predicted octanol–water partition coefficient (Wildman–Crippen LogP) is 4.83. The van der Waals surface area contributed by atoms with Gasteiger partial charge >= 0.3 is 0 Å². The molecule has 0 spiro atoms. The summed E-state index contributed by atoms with van der Waals surface area (Å²) in [7, 11) is 0. The third-order valence-corrected chi connectivity index (χ3v) is 6.51. The van der Waals surface area contributed by atoms with E-state index >= 15 is 0 Å². The molecule has 1 aromatic carbocycles. The van der Waals surface area contributed by atoms with Crippen molar-refractivity contribution in [2.24, 2.45) is 0 Å². The van der Waals surface area contributed by atoms with Gasteiger partial charge in [-0.15, -0.1) is 0 Å². The summed E-state index contributed by atoms with van der Waals surface area (Å²) in [5, 5.41) is 7.06. The van der Waals surface area contributed by atoms with Crippen LogP contribution in [0.5, 0.6) is 0 Å². The highest BCUT2D eigenvalue weighted by Gasteiger charge is 2.41. The Bertz CT molecular complexity index is 1300. The van der Waals surface area contributed by atoms with Gasteiger partial charge in [0.15, 0.2) is 5.11 Å². The van der Waals surface area contributed by atoms with Crippen LogP contribution < -0.4 is 10.6 Å². The molecular weight excluding hydrogens is 458 g/mol. The highest BCUT2D eigenvalue weighted by molar-refractivity contribution is 7.80. The van der Waals surface area contributed by atoms with Crippen LogP contribution in [0.3, 0.4) is 0 Å². The van der Waals surface area contributed by atoms with Gasteiger partial charge in [-0.05, 0) is 73.2 Å². The number of hydrogen-bond acceptors (Lipinski definition) is 4. The number of pyridine rings is 1. The van der Waals surface area contributed by atoms with Crippen molar-refractivity contribution in [2.75, 3.05) is 11.9 Å². The minimum atomic E-state index is -0.145. The summed E-state index contributed by atoms with van der Waals surface area (Å²) < 4.78 is 7.75. The van der Waals surface area contributed by atoms with E-state index in [0.29, 0.717) is 24.6 Å². The first-order valence-electron chi connectivity index (χ1n) is 11.6. The molecule has 0 aliphatic carbocycles. The third-order valence-electron chi connectivity index (χ3n) is 6.15. The largest absolute Gasteiger partial charge is 0.467 e. The van der Waals surface area contributed by atoms with Crippen molar-refractivity contribution in [1.29, 1.82) is 0 Å². The summed E-state index contributed by atoms with van der Waals surface area (Å²) in [4.78, 5) is 19.5. The lowest BCUT2D eigenvalue weighted by Gasteiger charge is -2.28. The Balaban J connectivity index is 1.39. The van der Waals surface area contributed by atoms with Crippen LogP contribution in [0, 0.1) is 6.92 Å². The lowest BCUT2D eigenvalue weighted by molar-refractivity contribution is -0.116. The van der Waals surface area contributed by atoms with Gasteiger partial charge in [-0.3, -0.25) is 9.78 Å². The van der Waals surface area contributed by atoms with E-state index in [2.05, 4.69) is 31.2 Å². The molecule has 4 aromatic rings. The molecular formula is C27H27N5O2S. The zero-order chi connectivity index (χ0) is 24.2. The van der Waals surface area contributed by atoms with Crippen molar-refractivity contribution in [3.8, 4) is 0 Å². The predicted molar refractivity (Wildman–Crippen MR) is 139 cm³/mol. The SMILES string of the molecule is Cc1cccc(NC(=O)CCN2C(=S)N[C@H](c3ccccn3)[C@@H]2c2cccn2Cc2ccco2)c1. The smallest absolute Gasteiger partial charge is 0.226 e. The molecule has 3 aromatic heterocycles. The van der Waals surface area contributed by atoms with Crippen LogP contribution in [0.2, 0.25) is 0 Å². The number of benzene rings is 1. The molecule has 1 fully saturated rings. The van der Waals surface area contributed by atoms with E-state index in [1.54, 1.807) is 12.5 Å². The van der Waals surface area contributed by atoms with E-state index in [-0.39, 0.29) is 18.0 Å². The van der Waals surface area contributed by atoms with Crippen molar-refractivity contribution in [3.63, 3.8) is 0 Å². The molecule has 0 saturated carbocycles. The number of carbonyl (C=O) groups excluding carboxylic acids is 1. The summed E-state index contributed by atoms with van der Waals surface area (Å²) in [6, 6.07) is 21.4. The molecule has 7 nitrogen and oxygen atoms in total. The average Bonchev–Trinajstić information content (AvgIpc) is 3.59. The molecule has 0 bridgehead atoms. The van der Waals surface area contributed by atoms with E-state index in [9.17, 15) is 4.79 Å². The molecule has 1 amide bonds. The van der Waals surface area contributed by atoms with Gasteiger partial charge in [0.25, 0.3) is 0 Å². The van der Waals surface area contributed by atoms with Gasteiger partial charge in [0.1, 0.15) is 5.76 Å². The maximum atomic E-state index is 12.8. The number of aryl methyl sites for hydroxylation is 1.